The Morgan fingerprint density at radius 2 is 1.92 bits per heavy atom. The summed E-state index contributed by atoms with van der Waals surface area (Å²) in [6.07, 6.45) is 0. The molecule has 6 nitrogen and oxygen atoms in total. The molecule has 0 aliphatic carbocycles. The van der Waals surface area contributed by atoms with Crippen LogP contribution in [0, 0.1) is 0 Å². The second kappa shape index (κ2) is 10.3. The van der Waals surface area contributed by atoms with Gasteiger partial charge in [-0.3, -0.25) is 9.89 Å². The number of nitrogens with zero attached hydrogens (tertiary/aromatic N) is 4. The third-order valence-electron chi connectivity index (χ3n) is 5.04. The highest BCUT2D eigenvalue weighted by atomic mass is 16.5. The highest BCUT2D eigenvalue weighted by molar-refractivity contribution is 5.80. The first kappa shape index (κ1) is 20.4. The molecule has 1 N–H and O–H groups in total. The first-order valence-electron chi connectivity index (χ1n) is 9.68. The minimum absolute atomic E-state index is 0.577. The van der Waals surface area contributed by atoms with Crippen molar-refractivity contribution in [1.29, 1.82) is 0 Å². The van der Waals surface area contributed by atoms with E-state index >= 15 is 0 Å². The fourth-order valence-electron chi connectivity index (χ4n) is 3.48. The smallest absolute Gasteiger partial charge is 0.193 e. The molecule has 0 spiro atoms. The number of piperazine rings is 1. The average molecular weight is 362 g/mol. The molecule has 26 heavy (non-hydrogen) atoms. The third-order valence-corrected chi connectivity index (χ3v) is 5.04. The van der Waals surface area contributed by atoms with Gasteiger partial charge in [0.05, 0.1) is 12.8 Å². The van der Waals surface area contributed by atoms with Crippen molar-refractivity contribution in [3.8, 4) is 5.75 Å². The number of anilines is 1. The topological polar surface area (TPSA) is 43.3 Å². The average Bonchev–Trinajstić information content (AvgIpc) is 2.68. The predicted molar refractivity (Wildman–Crippen MR) is 111 cm³/mol. The molecule has 1 heterocycles. The van der Waals surface area contributed by atoms with Crippen molar-refractivity contribution < 1.29 is 4.74 Å². The molecule has 1 aliphatic rings. The van der Waals surface area contributed by atoms with Gasteiger partial charge in [-0.2, -0.15) is 0 Å². The zero-order chi connectivity index (χ0) is 18.9. The van der Waals surface area contributed by atoms with Crippen LogP contribution in [-0.4, -0.2) is 81.8 Å². The Bertz CT molecular complexity index is 567. The van der Waals surface area contributed by atoms with E-state index in [0.717, 1.165) is 57.5 Å². The van der Waals surface area contributed by atoms with Crippen molar-refractivity contribution in [2.24, 2.45) is 4.99 Å². The number of rotatable bonds is 7. The maximum absolute atomic E-state index is 5.50. The molecule has 0 unspecified atom stereocenters. The van der Waals surface area contributed by atoms with Crippen molar-refractivity contribution >= 4 is 11.6 Å². The normalized spacial score (nSPS) is 15.7. The molecule has 1 fully saturated rings. The van der Waals surface area contributed by atoms with E-state index < -0.39 is 0 Å². The highest BCUT2D eigenvalue weighted by Crippen LogP contribution is 2.28. The molecule has 1 aliphatic heterocycles. The van der Waals surface area contributed by atoms with Crippen LogP contribution in [0.4, 0.5) is 5.69 Å². The summed E-state index contributed by atoms with van der Waals surface area (Å²) in [7, 11) is 3.60. The number of ether oxygens (including phenoxy) is 1. The first-order chi connectivity index (χ1) is 12.6. The Morgan fingerprint density at radius 1 is 1.23 bits per heavy atom. The quantitative estimate of drug-likeness (QED) is 0.595. The van der Waals surface area contributed by atoms with E-state index in [1.807, 2.05) is 19.2 Å². The van der Waals surface area contributed by atoms with E-state index in [0.29, 0.717) is 6.04 Å². The molecule has 0 aromatic heterocycles. The lowest BCUT2D eigenvalue weighted by Crippen LogP contribution is -2.53. The third kappa shape index (κ3) is 5.27. The predicted octanol–water partition coefficient (Wildman–Crippen LogP) is 2.12. The van der Waals surface area contributed by atoms with Gasteiger partial charge < -0.3 is 19.9 Å². The van der Waals surface area contributed by atoms with Gasteiger partial charge in [0.25, 0.3) is 0 Å². The van der Waals surface area contributed by atoms with Gasteiger partial charge in [0.15, 0.2) is 5.96 Å². The van der Waals surface area contributed by atoms with Crippen LogP contribution in [0.25, 0.3) is 0 Å². The number of guanidine groups is 1. The number of hydrogen-bond acceptors (Lipinski definition) is 4. The standard InChI is InChI=1S/C20H35N5O/c1-6-23(17(2)3)12-11-22-20(21-4)25-15-13-24(14-16-25)18-9-7-8-10-19(18)26-5/h7-10,17H,6,11-16H2,1-5H3,(H,21,22). The summed E-state index contributed by atoms with van der Waals surface area (Å²) in [4.78, 5) is 11.7. The minimum atomic E-state index is 0.577. The van der Waals surface area contributed by atoms with Crippen LogP contribution < -0.4 is 15.0 Å². The molecule has 1 saturated heterocycles. The molecule has 0 radical (unpaired) electrons. The molecule has 0 amide bonds. The Hall–Kier alpha value is -1.95. The largest absolute Gasteiger partial charge is 0.495 e. The van der Waals surface area contributed by atoms with Crippen LogP contribution in [0.3, 0.4) is 0 Å². The maximum atomic E-state index is 5.50. The fraction of sp³-hybridized carbons (Fsp3) is 0.650. The lowest BCUT2D eigenvalue weighted by molar-refractivity contribution is 0.236. The number of benzene rings is 1. The van der Waals surface area contributed by atoms with Crippen molar-refractivity contribution in [3.05, 3.63) is 24.3 Å². The molecule has 1 aromatic carbocycles. The van der Waals surface area contributed by atoms with Crippen LogP contribution in [-0.2, 0) is 0 Å². The molecule has 6 heteroatoms. The van der Waals surface area contributed by atoms with Crippen LogP contribution in [0.5, 0.6) is 5.75 Å². The van der Waals surface area contributed by atoms with E-state index in [4.69, 9.17) is 4.74 Å². The van der Waals surface area contributed by atoms with Crippen LogP contribution in [0.15, 0.2) is 29.3 Å². The zero-order valence-electron chi connectivity index (χ0n) is 17.0. The van der Waals surface area contributed by atoms with Crippen molar-refractivity contribution in [1.82, 2.24) is 15.1 Å². The lowest BCUT2D eigenvalue weighted by atomic mass is 10.2. The first-order valence-corrected chi connectivity index (χ1v) is 9.68. The summed E-state index contributed by atoms with van der Waals surface area (Å²) in [6.45, 7) is 13.6. The molecule has 0 atom stereocenters. The van der Waals surface area contributed by atoms with Gasteiger partial charge in [-0.1, -0.05) is 19.1 Å². The summed E-state index contributed by atoms with van der Waals surface area (Å²) in [5.41, 5.74) is 1.17. The van der Waals surface area contributed by atoms with Crippen molar-refractivity contribution in [2.45, 2.75) is 26.8 Å². The Kier molecular flexibility index (Phi) is 8.04. The van der Waals surface area contributed by atoms with Crippen molar-refractivity contribution in [3.63, 3.8) is 0 Å². The number of hydrogen-bond donors (Lipinski definition) is 1. The number of para-hydroxylation sites is 2. The molecule has 146 valence electrons. The van der Waals surface area contributed by atoms with Gasteiger partial charge in [0.2, 0.25) is 0 Å². The summed E-state index contributed by atoms with van der Waals surface area (Å²) < 4.78 is 5.50. The molecule has 0 saturated carbocycles. The SMILES string of the molecule is CCN(CCNC(=NC)N1CCN(c2ccccc2OC)CC1)C(C)C. The summed E-state index contributed by atoms with van der Waals surface area (Å²) in [5.74, 6) is 1.95. The Balaban J connectivity index is 1.85. The molecular formula is C20H35N5O. The molecule has 0 bridgehead atoms. The van der Waals surface area contributed by atoms with E-state index in [1.165, 1.54) is 5.69 Å². The summed E-state index contributed by atoms with van der Waals surface area (Å²) >= 11 is 0. The second-order valence-corrected chi connectivity index (χ2v) is 6.84. The summed E-state index contributed by atoms with van der Waals surface area (Å²) in [5, 5.41) is 3.53. The molecule has 2 rings (SSSR count). The summed E-state index contributed by atoms with van der Waals surface area (Å²) in [6, 6.07) is 8.82. The number of aliphatic imine (C=N–C) groups is 1. The van der Waals surface area contributed by atoms with Gasteiger partial charge in [-0.05, 0) is 32.5 Å². The fourth-order valence-corrected chi connectivity index (χ4v) is 3.48. The van der Waals surface area contributed by atoms with E-state index in [-0.39, 0.29) is 0 Å². The zero-order valence-corrected chi connectivity index (χ0v) is 17.0. The van der Waals surface area contributed by atoms with Gasteiger partial charge >= 0.3 is 0 Å². The lowest BCUT2D eigenvalue weighted by Gasteiger charge is -2.38. The monoisotopic (exact) mass is 361 g/mol. The molecule has 1 aromatic rings. The highest BCUT2D eigenvalue weighted by Gasteiger charge is 2.21. The minimum Gasteiger partial charge on any atom is -0.495 e. The van der Waals surface area contributed by atoms with Gasteiger partial charge in [0.1, 0.15) is 5.75 Å². The van der Waals surface area contributed by atoms with Crippen molar-refractivity contribution in [2.75, 3.05) is 64.9 Å². The number of likely N-dealkylation sites (N-methyl/N-ethyl adjacent to an activating group) is 1. The van der Waals surface area contributed by atoms with E-state index in [1.54, 1.807) is 7.11 Å². The maximum Gasteiger partial charge on any atom is 0.193 e. The number of nitrogens with one attached hydrogen (secondary N) is 1. The Morgan fingerprint density at radius 3 is 2.50 bits per heavy atom. The second-order valence-electron chi connectivity index (χ2n) is 6.84. The number of methoxy groups -OCH3 is 1. The van der Waals surface area contributed by atoms with Crippen LogP contribution >= 0.6 is 0 Å². The van der Waals surface area contributed by atoms with Gasteiger partial charge in [0, 0.05) is 52.4 Å². The van der Waals surface area contributed by atoms with E-state index in [9.17, 15) is 0 Å². The Labute approximate surface area is 158 Å². The van der Waals surface area contributed by atoms with E-state index in [2.05, 4.69) is 57.9 Å². The molecular weight excluding hydrogens is 326 g/mol. The van der Waals surface area contributed by atoms with Gasteiger partial charge in [-0.25, -0.2) is 0 Å². The van der Waals surface area contributed by atoms with Crippen LogP contribution in [0.1, 0.15) is 20.8 Å². The van der Waals surface area contributed by atoms with Crippen LogP contribution in [0.2, 0.25) is 0 Å². The van der Waals surface area contributed by atoms with Gasteiger partial charge in [-0.15, -0.1) is 0 Å².